The molecule has 0 radical (unpaired) electrons. The Morgan fingerprint density at radius 3 is 1.23 bits per heavy atom. The number of fused-ring (bicyclic) bond motifs is 6. The summed E-state index contributed by atoms with van der Waals surface area (Å²) in [4.78, 5) is 5.39. The number of ether oxygens (including phenoxy) is 2. The van der Waals surface area contributed by atoms with Gasteiger partial charge in [0.15, 0.2) is 8.32 Å². The molecule has 6 aromatic carbocycles. The Bertz CT molecular complexity index is 2260. The van der Waals surface area contributed by atoms with Crippen molar-refractivity contribution >= 4 is 8.32 Å². The third kappa shape index (κ3) is 10.2. The molecule has 0 saturated heterocycles. The summed E-state index contributed by atoms with van der Waals surface area (Å²) < 4.78 is 21.9. The molecule has 0 N–H and O–H groups in total. The number of benzene rings is 6. The van der Waals surface area contributed by atoms with Crippen molar-refractivity contribution in [1.29, 1.82) is 0 Å². The van der Waals surface area contributed by atoms with Crippen LogP contribution in [0, 0.1) is 5.92 Å². The van der Waals surface area contributed by atoms with Gasteiger partial charge in [-0.3, -0.25) is 9.80 Å². The zero-order chi connectivity index (χ0) is 45.5. The van der Waals surface area contributed by atoms with Gasteiger partial charge in [-0.25, -0.2) is 0 Å². The van der Waals surface area contributed by atoms with Crippen molar-refractivity contribution < 1.29 is 13.9 Å². The molecule has 0 spiro atoms. The van der Waals surface area contributed by atoms with E-state index in [1.165, 1.54) is 33.4 Å². The molecule has 0 aromatic heterocycles. The van der Waals surface area contributed by atoms with E-state index in [1.807, 2.05) is 0 Å². The first-order valence-electron chi connectivity index (χ1n) is 24.4. The Morgan fingerprint density at radius 2 is 0.831 bits per heavy atom. The van der Waals surface area contributed by atoms with Crippen LogP contribution in [0.25, 0.3) is 22.3 Å². The van der Waals surface area contributed by atoms with E-state index < -0.39 is 8.32 Å². The molecule has 4 atom stereocenters. The van der Waals surface area contributed by atoms with Crippen LogP contribution in [0.3, 0.4) is 0 Å². The maximum atomic E-state index is 7.57. The van der Waals surface area contributed by atoms with Gasteiger partial charge in [0.2, 0.25) is 0 Å². The van der Waals surface area contributed by atoms with E-state index in [-0.39, 0.29) is 24.3 Å². The summed E-state index contributed by atoms with van der Waals surface area (Å²) in [6.07, 6.45) is 1.74. The Labute approximate surface area is 391 Å². The summed E-state index contributed by atoms with van der Waals surface area (Å²) in [6.45, 7) is 23.5. The maximum Gasteiger partial charge on any atom is 0.200 e. The molecule has 5 nitrogen and oxygen atoms in total. The van der Waals surface area contributed by atoms with E-state index in [2.05, 4.69) is 223 Å². The quantitative estimate of drug-likeness (QED) is 0.102. The third-order valence-electron chi connectivity index (χ3n) is 14.9. The molecule has 0 aliphatic carbocycles. The summed E-state index contributed by atoms with van der Waals surface area (Å²) in [5.74, 6) is 2.21. The fraction of sp³-hybridized carbons (Fsp3) is 0.390. The molecular formula is C59H72N2O3Si. The van der Waals surface area contributed by atoms with Gasteiger partial charge in [0.1, 0.15) is 23.7 Å². The number of hydrogen-bond acceptors (Lipinski definition) is 5. The SMILES string of the molecule is CC(C)[Si](OCC(CCN1Cc2ccccc2-c2ccccc2O[C@@H](c2ccccc2)[C@H]1C)CCN1Cc2ccccc2-c2ccccc2O[C@@H](c2ccccc2)[C@H]1C)(C(C)C)C(C)C. The van der Waals surface area contributed by atoms with Crippen LogP contribution in [0.15, 0.2) is 158 Å². The summed E-state index contributed by atoms with van der Waals surface area (Å²) in [5, 5.41) is 0. The fourth-order valence-corrected chi connectivity index (χ4v) is 16.8. The molecule has 2 heterocycles. The van der Waals surface area contributed by atoms with Gasteiger partial charge in [-0.05, 0) is 108 Å². The zero-order valence-electron chi connectivity index (χ0n) is 40.2. The Hall–Kier alpha value is -4.98. The second-order valence-corrected chi connectivity index (χ2v) is 25.2. The second-order valence-electron chi connectivity index (χ2n) is 19.7. The highest BCUT2D eigenvalue weighted by atomic mass is 28.4. The van der Waals surface area contributed by atoms with Crippen LogP contribution in [-0.4, -0.2) is 49.9 Å². The molecule has 0 fully saturated rings. The van der Waals surface area contributed by atoms with Crippen LogP contribution < -0.4 is 9.47 Å². The largest absolute Gasteiger partial charge is 0.483 e. The van der Waals surface area contributed by atoms with Crippen LogP contribution in [-0.2, 0) is 17.5 Å². The van der Waals surface area contributed by atoms with Crippen molar-refractivity contribution in [3.05, 3.63) is 180 Å². The van der Waals surface area contributed by atoms with E-state index in [9.17, 15) is 0 Å². The number of para-hydroxylation sites is 2. The van der Waals surface area contributed by atoms with E-state index in [4.69, 9.17) is 13.9 Å². The minimum atomic E-state index is -2.14. The Morgan fingerprint density at radius 1 is 0.477 bits per heavy atom. The number of nitrogens with zero attached hydrogens (tertiary/aromatic N) is 2. The van der Waals surface area contributed by atoms with Crippen LogP contribution in [0.2, 0.25) is 16.6 Å². The Kier molecular flexibility index (Phi) is 15.1. The monoisotopic (exact) mass is 885 g/mol. The number of hydrogen-bond donors (Lipinski definition) is 0. The molecule has 6 aromatic rings. The van der Waals surface area contributed by atoms with Gasteiger partial charge in [-0.15, -0.1) is 0 Å². The van der Waals surface area contributed by atoms with Crippen LogP contribution in [0.5, 0.6) is 11.5 Å². The fourth-order valence-electron chi connectivity index (χ4n) is 11.3. The number of rotatable bonds is 14. The van der Waals surface area contributed by atoms with Crippen LogP contribution in [0.4, 0.5) is 0 Å². The third-order valence-corrected chi connectivity index (χ3v) is 20.9. The summed E-state index contributed by atoms with van der Waals surface area (Å²) in [7, 11) is -2.14. The van der Waals surface area contributed by atoms with Gasteiger partial charge in [-0.2, -0.15) is 0 Å². The predicted octanol–water partition coefficient (Wildman–Crippen LogP) is 15.0. The van der Waals surface area contributed by atoms with Gasteiger partial charge < -0.3 is 13.9 Å². The molecule has 0 bridgehead atoms. The maximum absolute atomic E-state index is 7.57. The topological polar surface area (TPSA) is 34.2 Å². The van der Waals surface area contributed by atoms with E-state index in [1.54, 1.807) is 0 Å². The highest BCUT2D eigenvalue weighted by Gasteiger charge is 2.45. The first kappa shape index (κ1) is 46.5. The first-order chi connectivity index (χ1) is 31.5. The normalized spacial score (nSPS) is 19.4. The predicted molar refractivity (Wildman–Crippen MR) is 273 cm³/mol. The molecule has 0 saturated carbocycles. The van der Waals surface area contributed by atoms with E-state index in [0.717, 1.165) is 68.3 Å². The van der Waals surface area contributed by atoms with Gasteiger partial charge in [-0.1, -0.05) is 187 Å². The van der Waals surface area contributed by atoms with Gasteiger partial charge in [0.25, 0.3) is 0 Å². The van der Waals surface area contributed by atoms with Crippen molar-refractivity contribution in [3.8, 4) is 33.8 Å². The lowest BCUT2D eigenvalue weighted by atomic mass is 9.96. The highest BCUT2D eigenvalue weighted by molar-refractivity contribution is 6.77. The first-order valence-corrected chi connectivity index (χ1v) is 26.6. The average Bonchev–Trinajstić information content (AvgIpc) is 3.40. The van der Waals surface area contributed by atoms with Crippen molar-refractivity contribution in [2.24, 2.45) is 5.92 Å². The van der Waals surface area contributed by atoms with Crippen molar-refractivity contribution in [2.75, 3.05) is 19.7 Å². The summed E-state index contributed by atoms with van der Waals surface area (Å²) in [5.41, 5.74) is 11.4. The van der Waals surface area contributed by atoms with Gasteiger partial charge >= 0.3 is 0 Å². The lowest BCUT2D eigenvalue weighted by Gasteiger charge is -2.43. The lowest BCUT2D eigenvalue weighted by Crippen LogP contribution is -2.49. The van der Waals surface area contributed by atoms with Crippen molar-refractivity contribution in [1.82, 2.24) is 9.80 Å². The summed E-state index contributed by atoms with van der Waals surface area (Å²) >= 11 is 0. The van der Waals surface area contributed by atoms with E-state index >= 15 is 0 Å². The zero-order valence-corrected chi connectivity index (χ0v) is 41.2. The summed E-state index contributed by atoms with van der Waals surface area (Å²) in [6, 6.07) is 57.0. The lowest BCUT2D eigenvalue weighted by molar-refractivity contribution is 0.0547. The standard InChI is InChI=1S/C59H72N2O3Si/c1-42(2)65(43(3)4,44(5)6)62-41-47(35-37-60-39-50-27-15-17-29-52(50)54-31-19-21-33-56(54)63-58(45(60)7)48-23-11-9-12-24-48)36-38-61-40-51-28-16-18-30-53(51)55-32-20-22-34-57(55)64-59(46(61)8)49-25-13-10-14-26-49/h9-34,42-47,58-59H,35-41H2,1-8H3/t45-,46-,58-,59-/m1/s1. The molecule has 0 unspecified atom stereocenters. The molecule has 2 aliphatic rings. The minimum Gasteiger partial charge on any atom is -0.483 e. The molecule has 340 valence electrons. The van der Waals surface area contributed by atoms with Gasteiger partial charge in [0.05, 0.1) is 0 Å². The minimum absolute atomic E-state index is 0.105. The molecule has 6 heteroatoms. The second kappa shape index (κ2) is 21.1. The van der Waals surface area contributed by atoms with Crippen LogP contribution >= 0.6 is 0 Å². The van der Waals surface area contributed by atoms with Gasteiger partial charge in [0, 0.05) is 42.9 Å². The molecule has 8 rings (SSSR count). The van der Waals surface area contributed by atoms with Crippen molar-refractivity contribution in [2.45, 2.75) is 122 Å². The highest BCUT2D eigenvalue weighted by Crippen LogP contribution is 2.44. The molecule has 0 amide bonds. The Balaban J connectivity index is 1.14. The van der Waals surface area contributed by atoms with E-state index in [0.29, 0.717) is 22.5 Å². The smallest absolute Gasteiger partial charge is 0.200 e. The molecule has 65 heavy (non-hydrogen) atoms. The average molecular weight is 885 g/mol. The molecular weight excluding hydrogens is 813 g/mol. The van der Waals surface area contributed by atoms with Crippen molar-refractivity contribution in [3.63, 3.8) is 0 Å². The molecule has 2 aliphatic heterocycles. The van der Waals surface area contributed by atoms with Crippen LogP contribution in [0.1, 0.15) is 103 Å².